The molecule has 0 aliphatic rings. The molecule has 6 nitrogen and oxygen atoms in total. The van der Waals surface area contributed by atoms with Gasteiger partial charge in [0.25, 0.3) is 0 Å². The predicted octanol–water partition coefficient (Wildman–Crippen LogP) is 2.29. The molecule has 0 fully saturated rings. The number of amides is 2. The Kier molecular flexibility index (Phi) is 5.70. The fraction of sp³-hybridized carbons (Fsp3) is 0.294. The van der Waals surface area contributed by atoms with E-state index in [0.717, 1.165) is 0 Å². The van der Waals surface area contributed by atoms with Gasteiger partial charge in [0.05, 0.1) is 6.26 Å². The Hall–Kier alpha value is -2.67. The van der Waals surface area contributed by atoms with Crippen molar-refractivity contribution in [3.8, 4) is 0 Å². The molecule has 0 aliphatic carbocycles. The maximum Gasteiger partial charge on any atom is 0.313 e. The minimum Gasteiger partial charge on any atom is -0.467 e. The molecule has 0 saturated heterocycles. The largest absolute Gasteiger partial charge is 0.467 e. The topological polar surface area (TPSA) is 91.6 Å². The van der Waals surface area contributed by atoms with E-state index in [0.29, 0.717) is 17.0 Å². The Balaban J connectivity index is 1.86. The molecule has 1 aromatic heterocycles. The van der Waals surface area contributed by atoms with E-state index in [2.05, 4.69) is 10.6 Å². The Bertz CT molecular complexity index is 715. The van der Waals surface area contributed by atoms with Gasteiger partial charge in [0, 0.05) is 18.2 Å². The van der Waals surface area contributed by atoms with E-state index >= 15 is 0 Å². The highest BCUT2D eigenvalue weighted by molar-refractivity contribution is 6.39. The number of furan rings is 1. The molecule has 2 amide bonds. The maximum atomic E-state index is 13.2. The average molecular weight is 334 g/mol. The number of hydrogen-bond donors (Lipinski definition) is 3. The molecular weight excluding hydrogens is 315 g/mol. The molecule has 0 saturated carbocycles. The van der Waals surface area contributed by atoms with Crippen LogP contribution in [0.3, 0.4) is 0 Å². The van der Waals surface area contributed by atoms with Crippen LogP contribution in [-0.2, 0) is 9.59 Å². The molecule has 0 radical (unpaired) electrons. The molecule has 2 atom stereocenters. The number of halogens is 1. The second-order valence-corrected chi connectivity index (χ2v) is 5.56. The molecule has 3 N–H and O–H groups in total. The zero-order valence-electron chi connectivity index (χ0n) is 13.4. The summed E-state index contributed by atoms with van der Waals surface area (Å²) in [4.78, 5) is 23.7. The van der Waals surface area contributed by atoms with Crippen LogP contribution >= 0.6 is 0 Å². The fourth-order valence-electron chi connectivity index (χ4n) is 2.19. The van der Waals surface area contributed by atoms with Crippen molar-refractivity contribution in [3.05, 3.63) is 53.7 Å². The SMILES string of the molecule is Cc1cc(NC(=O)C(=O)NC(C)CC(O)c2ccco2)ccc1F. The van der Waals surface area contributed by atoms with Crippen molar-refractivity contribution >= 4 is 17.5 Å². The highest BCUT2D eigenvalue weighted by Gasteiger charge is 2.20. The van der Waals surface area contributed by atoms with Gasteiger partial charge in [-0.05, 0) is 49.7 Å². The van der Waals surface area contributed by atoms with Gasteiger partial charge in [0.2, 0.25) is 0 Å². The van der Waals surface area contributed by atoms with Crippen molar-refractivity contribution < 1.29 is 23.5 Å². The third-order valence-corrected chi connectivity index (χ3v) is 3.45. The number of nitrogens with one attached hydrogen (secondary N) is 2. The summed E-state index contributed by atoms with van der Waals surface area (Å²) in [6.07, 6.45) is 0.764. The number of benzene rings is 1. The van der Waals surface area contributed by atoms with Gasteiger partial charge in [-0.1, -0.05) is 0 Å². The Morgan fingerprint density at radius 3 is 2.67 bits per heavy atom. The number of rotatable bonds is 5. The minimum atomic E-state index is -0.877. The van der Waals surface area contributed by atoms with Crippen molar-refractivity contribution in [1.29, 1.82) is 0 Å². The van der Waals surface area contributed by atoms with Gasteiger partial charge in [-0.25, -0.2) is 4.39 Å². The van der Waals surface area contributed by atoms with Crippen LogP contribution in [0.15, 0.2) is 41.0 Å². The first-order valence-corrected chi connectivity index (χ1v) is 7.46. The van der Waals surface area contributed by atoms with Crippen LogP contribution in [0.4, 0.5) is 10.1 Å². The normalized spacial score (nSPS) is 13.2. The number of hydrogen-bond acceptors (Lipinski definition) is 4. The lowest BCUT2D eigenvalue weighted by Crippen LogP contribution is -2.41. The van der Waals surface area contributed by atoms with Crippen molar-refractivity contribution in [2.45, 2.75) is 32.4 Å². The molecule has 0 aliphatic heterocycles. The molecule has 2 unspecified atom stereocenters. The molecule has 0 spiro atoms. The summed E-state index contributed by atoms with van der Waals surface area (Å²) >= 11 is 0. The highest BCUT2D eigenvalue weighted by atomic mass is 19.1. The van der Waals surface area contributed by atoms with Crippen LogP contribution in [0, 0.1) is 12.7 Å². The number of aliphatic hydroxyl groups excluding tert-OH is 1. The van der Waals surface area contributed by atoms with Gasteiger partial charge < -0.3 is 20.2 Å². The lowest BCUT2D eigenvalue weighted by atomic mass is 10.1. The molecule has 7 heteroatoms. The van der Waals surface area contributed by atoms with Crippen molar-refractivity contribution in [2.75, 3.05) is 5.32 Å². The van der Waals surface area contributed by atoms with E-state index in [1.54, 1.807) is 26.0 Å². The predicted molar refractivity (Wildman–Crippen MR) is 85.7 cm³/mol. The zero-order valence-corrected chi connectivity index (χ0v) is 13.4. The summed E-state index contributed by atoms with van der Waals surface area (Å²) in [7, 11) is 0. The fourth-order valence-corrected chi connectivity index (χ4v) is 2.19. The van der Waals surface area contributed by atoms with Crippen molar-refractivity contribution in [1.82, 2.24) is 5.32 Å². The Labute approximate surface area is 138 Å². The van der Waals surface area contributed by atoms with Crippen LogP contribution in [0.25, 0.3) is 0 Å². The summed E-state index contributed by atoms with van der Waals surface area (Å²) in [5.74, 6) is -1.70. The average Bonchev–Trinajstić information content (AvgIpc) is 3.05. The monoisotopic (exact) mass is 334 g/mol. The van der Waals surface area contributed by atoms with Gasteiger partial charge in [0.15, 0.2) is 0 Å². The first-order chi connectivity index (χ1) is 11.4. The molecule has 2 aromatic rings. The van der Waals surface area contributed by atoms with Gasteiger partial charge in [-0.15, -0.1) is 0 Å². The minimum absolute atomic E-state index is 0.197. The number of carbonyl (C=O) groups is 2. The van der Waals surface area contributed by atoms with Gasteiger partial charge >= 0.3 is 11.8 Å². The Morgan fingerprint density at radius 1 is 1.29 bits per heavy atom. The summed E-state index contributed by atoms with van der Waals surface area (Å²) in [5, 5.41) is 14.8. The smallest absolute Gasteiger partial charge is 0.313 e. The first kappa shape index (κ1) is 17.7. The van der Waals surface area contributed by atoms with Crippen LogP contribution < -0.4 is 10.6 Å². The van der Waals surface area contributed by atoms with Crippen LogP contribution in [0.2, 0.25) is 0 Å². The molecule has 0 bridgehead atoms. The van der Waals surface area contributed by atoms with E-state index in [1.807, 2.05) is 0 Å². The van der Waals surface area contributed by atoms with Gasteiger partial charge in [-0.2, -0.15) is 0 Å². The molecule has 1 heterocycles. The van der Waals surface area contributed by atoms with E-state index in [1.165, 1.54) is 24.5 Å². The van der Waals surface area contributed by atoms with Gasteiger partial charge in [-0.3, -0.25) is 9.59 Å². The quantitative estimate of drug-likeness (QED) is 0.732. The Morgan fingerprint density at radius 2 is 2.04 bits per heavy atom. The highest BCUT2D eigenvalue weighted by Crippen LogP contribution is 2.18. The summed E-state index contributed by atoms with van der Waals surface area (Å²) in [6.45, 7) is 3.22. The standard InChI is InChI=1S/C17H19FN2O4/c1-10-8-12(5-6-13(10)18)20-17(23)16(22)19-11(2)9-14(21)15-4-3-7-24-15/h3-8,11,14,21H,9H2,1-2H3,(H,19,22)(H,20,23). The molecular formula is C17H19FN2O4. The molecule has 24 heavy (non-hydrogen) atoms. The first-order valence-electron chi connectivity index (χ1n) is 7.46. The lowest BCUT2D eigenvalue weighted by Gasteiger charge is -2.16. The summed E-state index contributed by atoms with van der Waals surface area (Å²) < 4.78 is 18.3. The van der Waals surface area contributed by atoms with E-state index in [-0.39, 0.29) is 6.42 Å². The maximum absolute atomic E-state index is 13.2. The van der Waals surface area contributed by atoms with Crippen LogP contribution in [0.5, 0.6) is 0 Å². The van der Waals surface area contributed by atoms with Crippen LogP contribution in [0.1, 0.15) is 30.8 Å². The zero-order chi connectivity index (χ0) is 17.7. The second kappa shape index (κ2) is 7.74. The molecule has 128 valence electrons. The van der Waals surface area contributed by atoms with Crippen molar-refractivity contribution in [3.63, 3.8) is 0 Å². The number of carbonyl (C=O) groups excluding carboxylic acids is 2. The summed E-state index contributed by atoms with van der Waals surface area (Å²) in [6, 6.07) is 6.86. The van der Waals surface area contributed by atoms with Crippen molar-refractivity contribution in [2.24, 2.45) is 0 Å². The van der Waals surface area contributed by atoms with E-state index in [4.69, 9.17) is 4.42 Å². The number of anilines is 1. The summed E-state index contributed by atoms with van der Waals surface area (Å²) in [5.41, 5.74) is 0.695. The number of aliphatic hydroxyl groups is 1. The lowest BCUT2D eigenvalue weighted by molar-refractivity contribution is -0.136. The third kappa shape index (κ3) is 4.66. The molecule has 1 aromatic carbocycles. The third-order valence-electron chi connectivity index (χ3n) is 3.45. The van der Waals surface area contributed by atoms with E-state index < -0.39 is 29.8 Å². The van der Waals surface area contributed by atoms with Gasteiger partial charge in [0.1, 0.15) is 17.7 Å². The number of aryl methyl sites for hydroxylation is 1. The van der Waals surface area contributed by atoms with E-state index in [9.17, 15) is 19.1 Å². The molecule has 2 rings (SSSR count). The van der Waals surface area contributed by atoms with Crippen LogP contribution in [-0.4, -0.2) is 23.0 Å². The second-order valence-electron chi connectivity index (χ2n) is 5.56.